The first-order chi connectivity index (χ1) is 12.3. The van der Waals surface area contributed by atoms with Gasteiger partial charge in [-0.3, -0.25) is 14.0 Å². The number of hydrogen-bond acceptors (Lipinski definition) is 5. The van der Waals surface area contributed by atoms with Crippen LogP contribution in [0.15, 0.2) is 23.3 Å². The van der Waals surface area contributed by atoms with Gasteiger partial charge in [0.05, 0.1) is 11.9 Å². The van der Waals surface area contributed by atoms with E-state index in [2.05, 4.69) is 17.3 Å². The fraction of sp³-hybridized carbons (Fsp3) is 0.500. The molecule has 0 radical (unpaired) electrons. The predicted molar refractivity (Wildman–Crippen MR) is 102 cm³/mol. The van der Waals surface area contributed by atoms with E-state index in [-0.39, 0.29) is 5.56 Å². The summed E-state index contributed by atoms with van der Waals surface area (Å²) >= 11 is 1.70. The van der Waals surface area contributed by atoms with Crippen molar-refractivity contribution in [2.45, 2.75) is 52.1 Å². The number of hydrogen-bond donors (Lipinski definition) is 1. The fourth-order valence-corrected chi connectivity index (χ4v) is 4.77. The van der Waals surface area contributed by atoms with E-state index in [1.807, 2.05) is 21.5 Å². The molecule has 6 nitrogen and oxygen atoms in total. The molecule has 0 saturated heterocycles. The molecule has 132 valence electrons. The lowest BCUT2D eigenvalue weighted by atomic mass is 9.97. The van der Waals surface area contributed by atoms with Gasteiger partial charge in [0, 0.05) is 30.4 Å². The van der Waals surface area contributed by atoms with Gasteiger partial charge in [-0.25, -0.2) is 4.98 Å². The van der Waals surface area contributed by atoms with E-state index in [1.165, 1.54) is 23.3 Å². The van der Waals surface area contributed by atoms with Crippen molar-refractivity contribution in [2.24, 2.45) is 0 Å². The van der Waals surface area contributed by atoms with Crippen LogP contribution in [0, 0.1) is 0 Å². The Balaban J connectivity index is 1.69. The monoisotopic (exact) mass is 357 g/mol. The van der Waals surface area contributed by atoms with Crippen LogP contribution in [0.3, 0.4) is 0 Å². The molecule has 0 amide bonds. The summed E-state index contributed by atoms with van der Waals surface area (Å²) < 4.78 is 3.69. The summed E-state index contributed by atoms with van der Waals surface area (Å²) in [4.78, 5) is 20.2. The molecule has 1 N–H and O–H groups in total. The Morgan fingerprint density at radius 1 is 1.28 bits per heavy atom. The lowest BCUT2D eigenvalue weighted by Gasteiger charge is -2.14. The van der Waals surface area contributed by atoms with Crippen LogP contribution < -0.4 is 10.9 Å². The molecular formula is C18H23N5OS. The van der Waals surface area contributed by atoms with Crippen LogP contribution in [-0.2, 0) is 25.9 Å². The van der Waals surface area contributed by atoms with Crippen molar-refractivity contribution >= 4 is 27.5 Å². The van der Waals surface area contributed by atoms with Crippen molar-refractivity contribution in [1.82, 2.24) is 19.3 Å². The highest BCUT2D eigenvalue weighted by Gasteiger charge is 2.21. The Hall–Kier alpha value is -2.15. The molecule has 3 aromatic heterocycles. The number of anilines is 1. The van der Waals surface area contributed by atoms with Gasteiger partial charge in [-0.05, 0) is 43.7 Å². The smallest absolute Gasteiger partial charge is 0.263 e. The Labute approximate surface area is 150 Å². The number of fused-ring (bicyclic) bond motifs is 3. The summed E-state index contributed by atoms with van der Waals surface area (Å²) in [6.07, 6.45) is 9.12. The van der Waals surface area contributed by atoms with Gasteiger partial charge in [0.1, 0.15) is 4.83 Å². The first-order valence-corrected chi connectivity index (χ1v) is 9.86. The molecule has 4 rings (SSSR count). The molecule has 1 aliphatic rings. The molecule has 3 aromatic rings. The largest absolute Gasteiger partial charge is 0.354 e. The topological polar surface area (TPSA) is 64.7 Å². The van der Waals surface area contributed by atoms with Gasteiger partial charge in [0.25, 0.3) is 5.56 Å². The molecular weight excluding hydrogens is 334 g/mol. The van der Waals surface area contributed by atoms with Crippen molar-refractivity contribution in [1.29, 1.82) is 0 Å². The molecule has 0 unspecified atom stereocenters. The highest BCUT2D eigenvalue weighted by Crippen LogP contribution is 2.34. The van der Waals surface area contributed by atoms with E-state index in [1.54, 1.807) is 17.5 Å². The third-order valence-corrected chi connectivity index (χ3v) is 5.89. The standard InChI is InChI=1S/C18H23N5OS/c1-2-10-23-17(24)15-13-6-3-4-7-14(13)25-16(15)21-18(23)19-9-12-22-11-5-8-20-22/h5,8,11H,2-4,6-7,9-10,12H2,1H3,(H,19,21). The quantitative estimate of drug-likeness (QED) is 0.736. The highest BCUT2D eigenvalue weighted by atomic mass is 32.1. The number of thiophene rings is 1. The summed E-state index contributed by atoms with van der Waals surface area (Å²) in [5, 5.41) is 8.42. The Kier molecular flexibility index (Phi) is 4.57. The fourth-order valence-electron chi connectivity index (χ4n) is 3.52. The maximum absolute atomic E-state index is 13.1. The molecule has 0 aliphatic heterocycles. The molecule has 3 heterocycles. The van der Waals surface area contributed by atoms with Crippen LogP contribution in [0.2, 0.25) is 0 Å². The van der Waals surface area contributed by atoms with E-state index < -0.39 is 0 Å². The summed E-state index contributed by atoms with van der Waals surface area (Å²) in [7, 11) is 0. The number of nitrogens with one attached hydrogen (secondary N) is 1. The number of aryl methyl sites for hydroxylation is 2. The molecule has 0 saturated carbocycles. The molecule has 0 bridgehead atoms. The molecule has 0 aromatic carbocycles. The van der Waals surface area contributed by atoms with E-state index in [0.29, 0.717) is 19.0 Å². The molecule has 0 fully saturated rings. The van der Waals surface area contributed by atoms with E-state index in [9.17, 15) is 4.79 Å². The summed E-state index contributed by atoms with van der Waals surface area (Å²) in [6, 6.07) is 1.91. The Morgan fingerprint density at radius 2 is 2.16 bits per heavy atom. The number of nitrogens with zero attached hydrogens (tertiary/aromatic N) is 4. The Bertz CT molecular complexity index is 925. The number of aromatic nitrogens is 4. The molecule has 0 atom stereocenters. The van der Waals surface area contributed by atoms with Gasteiger partial charge < -0.3 is 5.32 Å². The maximum atomic E-state index is 13.1. The summed E-state index contributed by atoms with van der Waals surface area (Å²) in [5.74, 6) is 0.685. The summed E-state index contributed by atoms with van der Waals surface area (Å²) in [6.45, 7) is 4.21. The van der Waals surface area contributed by atoms with Gasteiger partial charge in [-0.15, -0.1) is 11.3 Å². The first-order valence-electron chi connectivity index (χ1n) is 9.04. The highest BCUT2D eigenvalue weighted by molar-refractivity contribution is 7.18. The summed E-state index contributed by atoms with van der Waals surface area (Å²) in [5.41, 5.74) is 1.38. The van der Waals surface area contributed by atoms with E-state index >= 15 is 0 Å². The minimum Gasteiger partial charge on any atom is -0.354 e. The van der Waals surface area contributed by atoms with Crippen molar-refractivity contribution in [3.8, 4) is 0 Å². The third-order valence-electron chi connectivity index (χ3n) is 4.71. The molecule has 1 aliphatic carbocycles. The van der Waals surface area contributed by atoms with Crippen LogP contribution in [-0.4, -0.2) is 25.9 Å². The second kappa shape index (κ2) is 7.00. The van der Waals surface area contributed by atoms with Crippen LogP contribution in [0.4, 0.5) is 5.95 Å². The first kappa shape index (κ1) is 16.3. The third kappa shape index (κ3) is 3.08. The maximum Gasteiger partial charge on any atom is 0.263 e. The lowest BCUT2D eigenvalue weighted by Crippen LogP contribution is -2.26. The second-order valence-corrected chi connectivity index (χ2v) is 7.56. The minimum absolute atomic E-state index is 0.118. The Morgan fingerprint density at radius 3 is 2.96 bits per heavy atom. The van der Waals surface area contributed by atoms with Gasteiger partial charge >= 0.3 is 0 Å². The minimum atomic E-state index is 0.118. The van der Waals surface area contributed by atoms with E-state index in [4.69, 9.17) is 4.98 Å². The van der Waals surface area contributed by atoms with Gasteiger partial charge in [0.2, 0.25) is 5.95 Å². The van der Waals surface area contributed by atoms with E-state index in [0.717, 1.165) is 36.0 Å². The van der Waals surface area contributed by atoms with Crippen LogP contribution in [0.5, 0.6) is 0 Å². The predicted octanol–water partition coefficient (Wildman–Crippen LogP) is 3.06. The molecule has 7 heteroatoms. The normalized spacial score (nSPS) is 14.0. The van der Waals surface area contributed by atoms with Crippen molar-refractivity contribution < 1.29 is 0 Å². The van der Waals surface area contributed by atoms with Crippen LogP contribution in [0.25, 0.3) is 10.2 Å². The molecule has 25 heavy (non-hydrogen) atoms. The SMILES string of the molecule is CCCn1c(NCCn2cccn2)nc2sc3c(c2c1=O)CCCC3. The zero-order chi connectivity index (χ0) is 17.2. The zero-order valence-electron chi connectivity index (χ0n) is 14.5. The molecule has 0 spiro atoms. The van der Waals surface area contributed by atoms with Crippen LogP contribution in [0.1, 0.15) is 36.6 Å². The van der Waals surface area contributed by atoms with Gasteiger partial charge in [-0.2, -0.15) is 5.10 Å². The van der Waals surface area contributed by atoms with Crippen molar-refractivity contribution in [3.05, 3.63) is 39.3 Å². The second-order valence-electron chi connectivity index (χ2n) is 6.48. The van der Waals surface area contributed by atoms with Gasteiger partial charge in [0.15, 0.2) is 0 Å². The number of rotatable bonds is 6. The van der Waals surface area contributed by atoms with Crippen molar-refractivity contribution in [2.75, 3.05) is 11.9 Å². The van der Waals surface area contributed by atoms with Crippen LogP contribution >= 0.6 is 11.3 Å². The average molecular weight is 357 g/mol. The van der Waals surface area contributed by atoms with Gasteiger partial charge in [-0.1, -0.05) is 6.92 Å². The average Bonchev–Trinajstić information content (AvgIpc) is 3.25. The van der Waals surface area contributed by atoms with Crippen molar-refractivity contribution in [3.63, 3.8) is 0 Å². The zero-order valence-corrected chi connectivity index (χ0v) is 15.3. The lowest BCUT2D eigenvalue weighted by molar-refractivity contribution is 0.619.